The predicted molar refractivity (Wildman–Crippen MR) is 118 cm³/mol. The maximum atomic E-state index is 13.4. The van der Waals surface area contributed by atoms with Gasteiger partial charge in [0.1, 0.15) is 17.3 Å². The zero-order valence-electron chi connectivity index (χ0n) is 17.1. The molecule has 0 bridgehead atoms. The van der Waals surface area contributed by atoms with Gasteiger partial charge in [-0.15, -0.1) is 0 Å². The number of nitrogens with one attached hydrogen (secondary N) is 1. The Morgan fingerprint density at radius 1 is 1.00 bits per heavy atom. The lowest BCUT2D eigenvalue weighted by atomic mass is 10.1. The topological polar surface area (TPSA) is 56.1 Å². The normalized spacial score (nSPS) is 10.6. The van der Waals surface area contributed by atoms with Gasteiger partial charge in [-0.05, 0) is 54.4 Å². The van der Waals surface area contributed by atoms with Crippen molar-refractivity contribution >= 4 is 5.91 Å². The third-order valence-corrected chi connectivity index (χ3v) is 4.92. The van der Waals surface area contributed by atoms with E-state index in [2.05, 4.69) is 10.4 Å². The van der Waals surface area contributed by atoms with Crippen molar-refractivity contribution in [1.82, 2.24) is 15.1 Å². The van der Waals surface area contributed by atoms with Gasteiger partial charge in [0.05, 0.1) is 18.5 Å². The standard InChI is InChI=1S/C25H22FN3O2/c1-31-22-9-5-8-19(16-22)23-17-24(29(28-23)21-12-10-20(26)11-13-21)25(30)27-15-14-18-6-3-2-4-7-18/h2-13,16-17H,14-15H2,1H3,(H,27,30). The van der Waals surface area contributed by atoms with Gasteiger partial charge in [0.15, 0.2) is 0 Å². The summed E-state index contributed by atoms with van der Waals surface area (Å²) >= 11 is 0. The van der Waals surface area contributed by atoms with E-state index in [0.717, 1.165) is 17.5 Å². The summed E-state index contributed by atoms with van der Waals surface area (Å²) in [7, 11) is 1.60. The zero-order chi connectivity index (χ0) is 21.6. The fourth-order valence-corrected chi connectivity index (χ4v) is 3.30. The van der Waals surface area contributed by atoms with Crippen molar-refractivity contribution in [3.05, 3.63) is 102 Å². The van der Waals surface area contributed by atoms with Crippen LogP contribution in [0.5, 0.6) is 5.75 Å². The van der Waals surface area contributed by atoms with Crippen molar-refractivity contribution in [3.8, 4) is 22.7 Å². The molecule has 1 aromatic heterocycles. The van der Waals surface area contributed by atoms with E-state index in [1.807, 2.05) is 54.6 Å². The van der Waals surface area contributed by atoms with Crippen molar-refractivity contribution in [2.45, 2.75) is 6.42 Å². The highest BCUT2D eigenvalue weighted by molar-refractivity contribution is 5.94. The number of aromatic nitrogens is 2. The second-order valence-corrected chi connectivity index (χ2v) is 7.03. The molecule has 0 radical (unpaired) electrons. The predicted octanol–water partition coefficient (Wildman–Crippen LogP) is 4.66. The number of hydrogen-bond acceptors (Lipinski definition) is 3. The molecule has 1 N–H and O–H groups in total. The van der Waals surface area contributed by atoms with Gasteiger partial charge in [-0.2, -0.15) is 5.10 Å². The molecule has 0 saturated carbocycles. The van der Waals surface area contributed by atoms with E-state index in [9.17, 15) is 9.18 Å². The van der Waals surface area contributed by atoms with E-state index in [4.69, 9.17) is 4.74 Å². The number of amides is 1. The highest BCUT2D eigenvalue weighted by Crippen LogP contribution is 2.25. The number of benzene rings is 3. The number of methoxy groups -OCH3 is 1. The molecule has 0 aliphatic carbocycles. The van der Waals surface area contributed by atoms with E-state index in [0.29, 0.717) is 29.4 Å². The monoisotopic (exact) mass is 415 g/mol. The van der Waals surface area contributed by atoms with E-state index in [-0.39, 0.29) is 11.7 Å². The van der Waals surface area contributed by atoms with Crippen molar-refractivity contribution in [3.63, 3.8) is 0 Å². The molecule has 6 heteroatoms. The summed E-state index contributed by atoms with van der Waals surface area (Å²) in [6, 6.07) is 25.0. The first kappa shape index (κ1) is 20.3. The first-order valence-electron chi connectivity index (χ1n) is 9.96. The number of halogens is 1. The fourth-order valence-electron chi connectivity index (χ4n) is 3.30. The second kappa shape index (κ2) is 9.26. The summed E-state index contributed by atoms with van der Waals surface area (Å²) < 4.78 is 20.3. The minimum Gasteiger partial charge on any atom is -0.497 e. The minimum absolute atomic E-state index is 0.248. The number of hydrogen-bond donors (Lipinski definition) is 1. The molecule has 3 aromatic carbocycles. The molecule has 0 unspecified atom stereocenters. The van der Waals surface area contributed by atoms with Gasteiger partial charge < -0.3 is 10.1 Å². The van der Waals surface area contributed by atoms with Gasteiger partial charge >= 0.3 is 0 Å². The molecule has 0 spiro atoms. The molecule has 156 valence electrons. The van der Waals surface area contributed by atoms with Crippen LogP contribution in [-0.2, 0) is 6.42 Å². The van der Waals surface area contributed by atoms with E-state index in [1.165, 1.54) is 16.8 Å². The first-order valence-corrected chi connectivity index (χ1v) is 9.96. The van der Waals surface area contributed by atoms with Crippen LogP contribution in [0.25, 0.3) is 16.9 Å². The van der Waals surface area contributed by atoms with Crippen LogP contribution in [0, 0.1) is 5.82 Å². The Labute approximate surface area is 180 Å². The maximum absolute atomic E-state index is 13.4. The molecule has 5 nitrogen and oxygen atoms in total. The van der Waals surface area contributed by atoms with Gasteiger partial charge in [0, 0.05) is 12.1 Å². The highest BCUT2D eigenvalue weighted by atomic mass is 19.1. The lowest BCUT2D eigenvalue weighted by Crippen LogP contribution is -2.27. The molecular weight excluding hydrogens is 393 g/mol. The maximum Gasteiger partial charge on any atom is 0.270 e. The lowest BCUT2D eigenvalue weighted by Gasteiger charge is -2.08. The summed E-state index contributed by atoms with van der Waals surface area (Å²) in [6.45, 7) is 0.492. The van der Waals surface area contributed by atoms with Gasteiger partial charge in [-0.3, -0.25) is 4.79 Å². The average Bonchev–Trinajstić information content (AvgIpc) is 3.26. The summed E-state index contributed by atoms with van der Waals surface area (Å²) in [5.74, 6) is 0.0994. The molecule has 0 fully saturated rings. The summed E-state index contributed by atoms with van der Waals surface area (Å²) in [5.41, 5.74) is 3.56. The fraction of sp³-hybridized carbons (Fsp3) is 0.120. The SMILES string of the molecule is COc1cccc(-c2cc(C(=O)NCCc3ccccc3)n(-c3ccc(F)cc3)n2)c1. The largest absolute Gasteiger partial charge is 0.497 e. The number of carbonyl (C=O) groups excluding carboxylic acids is 1. The molecule has 4 aromatic rings. The Morgan fingerprint density at radius 3 is 2.52 bits per heavy atom. The molecule has 0 saturated heterocycles. The summed E-state index contributed by atoms with van der Waals surface area (Å²) in [6.07, 6.45) is 0.722. The molecule has 1 heterocycles. The second-order valence-electron chi connectivity index (χ2n) is 7.03. The van der Waals surface area contributed by atoms with Gasteiger partial charge in [0.25, 0.3) is 5.91 Å². The van der Waals surface area contributed by atoms with Crippen LogP contribution in [-0.4, -0.2) is 29.3 Å². The van der Waals surface area contributed by atoms with Crippen LogP contribution in [0.2, 0.25) is 0 Å². The van der Waals surface area contributed by atoms with Crippen molar-refractivity contribution in [2.75, 3.05) is 13.7 Å². The van der Waals surface area contributed by atoms with Crippen molar-refractivity contribution < 1.29 is 13.9 Å². The zero-order valence-corrected chi connectivity index (χ0v) is 17.1. The molecule has 1 amide bonds. The summed E-state index contributed by atoms with van der Waals surface area (Å²) in [5, 5.41) is 7.58. The van der Waals surface area contributed by atoms with E-state index in [1.54, 1.807) is 25.3 Å². The molecule has 0 atom stereocenters. The number of rotatable bonds is 7. The molecular formula is C25H22FN3O2. The Kier molecular flexibility index (Phi) is 6.08. The van der Waals surface area contributed by atoms with Gasteiger partial charge in [-0.25, -0.2) is 9.07 Å². The van der Waals surface area contributed by atoms with Crippen LogP contribution >= 0.6 is 0 Å². The van der Waals surface area contributed by atoms with Crippen molar-refractivity contribution in [2.24, 2.45) is 0 Å². The summed E-state index contributed by atoms with van der Waals surface area (Å²) in [4.78, 5) is 13.0. The number of ether oxygens (including phenoxy) is 1. The Bertz CT molecular complexity index is 1170. The Balaban J connectivity index is 1.63. The Hall–Kier alpha value is -3.93. The van der Waals surface area contributed by atoms with Crippen LogP contribution in [0.4, 0.5) is 4.39 Å². The Morgan fingerprint density at radius 2 is 1.77 bits per heavy atom. The molecule has 31 heavy (non-hydrogen) atoms. The van der Waals surface area contributed by atoms with Crippen LogP contribution < -0.4 is 10.1 Å². The molecule has 0 aliphatic rings. The van der Waals surface area contributed by atoms with Crippen LogP contribution in [0.3, 0.4) is 0 Å². The van der Waals surface area contributed by atoms with E-state index < -0.39 is 0 Å². The van der Waals surface area contributed by atoms with E-state index >= 15 is 0 Å². The third kappa shape index (κ3) is 4.80. The van der Waals surface area contributed by atoms with Crippen molar-refractivity contribution in [1.29, 1.82) is 0 Å². The van der Waals surface area contributed by atoms with Crippen LogP contribution in [0.15, 0.2) is 84.9 Å². The average molecular weight is 415 g/mol. The number of carbonyl (C=O) groups is 1. The first-order chi connectivity index (χ1) is 15.1. The van der Waals surface area contributed by atoms with Gasteiger partial charge in [0.2, 0.25) is 0 Å². The minimum atomic E-state index is -0.349. The number of nitrogens with zero attached hydrogens (tertiary/aromatic N) is 2. The highest BCUT2D eigenvalue weighted by Gasteiger charge is 2.18. The quantitative estimate of drug-likeness (QED) is 0.478. The molecule has 0 aliphatic heterocycles. The van der Waals surface area contributed by atoms with Gasteiger partial charge in [-0.1, -0.05) is 42.5 Å². The molecule has 4 rings (SSSR count). The lowest BCUT2D eigenvalue weighted by molar-refractivity contribution is 0.0946. The van der Waals surface area contributed by atoms with Crippen LogP contribution in [0.1, 0.15) is 16.1 Å². The smallest absolute Gasteiger partial charge is 0.270 e. The third-order valence-electron chi connectivity index (χ3n) is 4.92.